The Morgan fingerprint density at radius 1 is 1.03 bits per heavy atom. The normalized spacial score (nSPS) is 15.7. The number of thiazole rings is 1. The molecule has 3 heterocycles. The smallest absolute Gasteiger partial charge is 0.203 e. The number of benzene rings is 2. The highest BCUT2D eigenvalue weighted by Gasteiger charge is 2.21. The largest absolute Gasteiger partial charge is 0.488 e. The van der Waals surface area contributed by atoms with Gasteiger partial charge in [0.2, 0.25) is 5.75 Å². The lowest BCUT2D eigenvalue weighted by molar-refractivity contribution is 0.162. The van der Waals surface area contributed by atoms with Crippen molar-refractivity contribution in [3.8, 4) is 17.2 Å². The molecule has 1 fully saturated rings. The molecule has 0 spiro atoms. The standard InChI is InChI=1S/C23H27N3O3S.2ClH/c1-2-7-21-18(4-1)25-23(30-21)26-11-8-17(9-12-26)16-24-10-13-27-19-5-3-6-20-22(19)29-15-14-28-20;;/h1-7,17,24H,8-16H2;2*1H. The first-order valence-corrected chi connectivity index (χ1v) is 11.5. The van der Waals surface area contributed by atoms with Crippen LogP contribution in [-0.2, 0) is 0 Å². The highest BCUT2D eigenvalue weighted by molar-refractivity contribution is 7.22. The summed E-state index contributed by atoms with van der Waals surface area (Å²) in [6.07, 6.45) is 2.39. The number of nitrogens with zero attached hydrogens (tertiary/aromatic N) is 2. The van der Waals surface area contributed by atoms with Crippen LogP contribution in [0.4, 0.5) is 5.13 Å². The maximum absolute atomic E-state index is 5.91. The van der Waals surface area contributed by atoms with Crippen molar-refractivity contribution in [1.29, 1.82) is 0 Å². The zero-order valence-corrected chi connectivity index (χ0v) is 20.3. The van der Waals surface area contributed by atoms with Crippen molar-refractivity contribution in [2.24, 2.45) is 5.92 Å². The lowest BCUT2D eigenvalue weighted by Crippen LogP contribution is -2.38. The summed E-state index contributed by atoms with van der Waals surface area (Å²) in [6, 6.07) is 14.2. The lowest BCUT2D eigenvalue weighted by Gasteiger charge is -2.31. The van der Waals surface area contributed by atoms with Crippen molar-refractivity contribution in [3.63, 3.8) is 0 Å². The van der Waals surface area contributed by atoms with Gasteiger partial charge < -0.3 is 24.4 Å². The molecule has 5 rings (SSSR count). The molecule has 1 saturated heterocycles. The minimum absolute atomic E-state index is 0. The minimum Gasteiger partial charge on any atom is -0.488 e. The van der Waals surface area contributed by atoms with E-state index in [9.17, 15) is 0 Å². The first-order chi connectivity index (χ1) is 14.9. The second-order valence-electron chi connectivity index (χ2n) is 7.73. The second kappa shape index (κ2) is 11.8. The highest BCUT2D eigenvalue weighted by Crippen LogP contribution is 2.38. The van der Waals surface area contributed by atoms with E-state index in [1.54, 1.807) is 11.3 Å². The van der Waals surface area contributed by atoms with Gasteiger partial charge in [-0.1, -0.05) is 29.5 Å². The predicted molar refractivity (Wildman–Crippen MR) is 135 cm³/mol. The summed E-state index contributed by atoms with van der Waals surface area (Å²) in [4.78, 5) is 7.24. The van der Waals surface area contributed by atoms with Gasteiger partial charge >= 0.3 is 0 Å². The number of hydrogen-bond donors (Lipinski definition) is 1. The van der Waals surface area contributed by atoms with E-state index in [1.165, 1.54) is 17.5 Å². The quantitative estimate of drug-likeness (QED) is 0.473. The van der Waals surface area contributed by atoms with Crippen LogP contribution in [-0.4, -0.2) is 51.0 Å². The van der Waals surface area contributed by atoms with Crippen molar-refractivity contribution < 1.29 is 14.2 Å². The molecule has 1 aromatic heterocycles. The van der Waals surface area contributed by atoms with Crippen LogP contribution in [0.25, 0.3) is 10.2 Å². The summed E-state index contributed by atoms with van der Waals surface area (Å²) >= 11 is 1.80. The molecule has 0 amide bonds. The van der Waals surface area contributed by atoms with Gasteiger partial charge in [-0.15, -0.1) is 24.8 Å². The fourth-order valence-electron chi connectivity index (χ4n) is 4.02. The molecule has 2 aliphatic heterocycles. The number of fused-ring (bicyclic) bond motifs is 2. The molecule has 0 saturated carbocycles. The summed E-state index contributed by atoms with van der Waals surface area (Å²) in [5, 5.41) is 4.71. The number of anilines is 1. The highest BCUT2D eigenvalue weighted by atomic mass is 35.5. The second-order valence-corrected chi connectivity index (χ2v) is 8.74. The maximum Gasteiger partial charge on any atom is 0.203 e. The Morgan fingerprint density at radius 3 is 2.69 bits per heavy atom. The molecule has 32 heavy (non-hydrogen) atoms. The van der Waals surface area contributed by atoms with E-state index in [0.717, 1.165) is 54.1 Å². The Balaban J connectivity index is 0.00000144. The van der Waals surface area contributed by atoms with Crippen LogP contribution in [0.1, 0.15) is 12.8 Å². The third-order valence-corrected chi connectivity index (χ3v) is 6.76. The average Bonchev–Trinajstić information content (AvgIpc) is 3.24. The molecular weight excluding hydrogens is 469 g/mol. The maximum atomic E-state index is 5.91. The van der Waals surface area contributed by atoms with Gasteiger partial charge in [0, 0.05) is 19.6 Å². The third kappa shape index (κ3) is 5.70. The molecule has 1 N–H and O–H groups in total. The third-order valence-electron chi connectivity index (χ3n) is 5.67. The van der Waals surface area contributed by atoms with E-state index in [2.05, 4.69) is 34.5 Å². The summed E-state index contributed by atoms with van der Waals surface area (Å²) in [5.74, 6) is 2.97. The summed E-state index contributed by atoms with van der Waals surface area (Å²) in [5.41, 5.74) is 1.11. The van der Waals surface area contributed by atoms with Gasteiger partial charge in [0.15, 0.2) is 16.6 Å². The average molecular weight is 498 g/mol. The molecule has 0 radical (unpaired) electrons. The van der Waals surface area contributed by atoms with Crippen molar-refractivity contribution in [2.75, 3.05) is 50.9 Å². The molecule has 0 aliphatic carbocycles. The number of ether oxygens (including phenoxy) is 3. The van der Waals surface area contributed by atoms with Crippen molar-refractivity contribution >= 4 is 51.5 Å². The number of rotatable bonds is 7. The SMILES string of the molecule is Cl.Cl.c1cc(OCCNCC2CCN(c3nc4ccccc4s3)CC2)c2c(c1)OCCO2. The summed E-state index contributed by atoms with van der Waals surface area (Å²) < 4.78 is 18.5. The molecule has 174 valence electrons. The first kappa shape index (κ1) is 24.7. The first-order valence-electron chi connectivity index (χ1n) is 10.7. The molecule has 2 aromatic carbocycles. The Hall–Kier alpha value is -1.93. The van der Waals surface area contributed by atoms with Gasteiger partial charge in [0.1, 0.15) is 19.8 Å². The van der Waals surface area contributed by atoms with Gasteiger partial charge in [-0.25, -0.2) is 4.98 Å². The molecule has 9 heteroatoms. The van der Waals surface area contributed by atoms with E-state index in [-0.39, 0.29) is 24.8 Å². The fourth-order valence-corrected chi connectivity index (χ4v) is 5.04. The van der Waals surface area contributed by atoms with Crippen molar-refractivity contribution in [1.82, 2.24) is 10.3 Å². The number of hydrogen-bond acceptors (Lipinski definition) is 7. The van der Waals surface area contributed by atoms with Gasteiger partial charge in [-0.2, -0.15) is 0 Å². The van der Waals surface area contributed by atoms with Crippen molar-refractivity contribution in [3.05, 3.63) is 42.5 Å². The zero-order valence-electron chi connectivity index (χ0n) is 17.8. The monoisotopic (exact) mass is 497 g/mol. The van der Waals surface area contributed by atoms with E-state index >= 15 is 0 Å². The molecular formula is C23H29Cl2N3O3S. The topological polar surface area (TPSA) is 55.9 Å². The van der Waals surface area contributed by atoms with Gasteiger partial charge in [-0.05, 0) is 49.6 Å². The zero-order chi connectivity index (χ0) is 20.2. The van der Waals surface area contributed by atoms with Crippen LogP contribution in [0, 0.1) is 5.92 Å². The van der Waals surface area contributed by atoms with E-state index in [1.807, 2.05) is 18.2 Å². The predicted octanol–water partition coefficient (Wildman–Crippen LogP) is 4.80. The van der Waals surface area contributed by atoms with Gasteiger partial charge in [0.25, 0.3) is 0 Å². The fraction of sp³-hybridized carbons (Fsp3) is 0.435. The van der Waals surface area contributed by atoms with Gasteiger partial charge in [0.05, 0.1) is 10.2 Å². The minimum atomic E-state index is 0. The number of piperidine rings is 1. The Kier molecular flexibility index (Phi) is 9.11. The molecule has 0 unspecified atom stereocenters. The van der Waals surface area contributed by atoms with E-state index in [0.29, 0.717) is 25.7 Å². The molecule has 2 aliphatic rings. The van der Waals surface area contributed by atoms with Crippen LogP contribution >= 0.6 is 36.2 Å². The Bertz CT molecular complexity index is 963. The molecule has 0 bridgehead atoms. The molecule has 0 atom stereocenters. The number of para-hydroxylation sites is 2. The Labute approximate surface area is 205 Å². The van der Waals surface area contributed by atoms with Crippen LogP contribution < -0.4 is 24.4 Å². The summed E-state index contributed by atoms with van der Waals surface area (Å²) in [6.45, 7) is 5.79. The molecule has 6 nitrogen and oxygen atoms in total. The Morgan fingerprint density at radius 2 is 1.84 bits per heavy atom. The number of nitrogens with one attached hydrogen (secondary N) is 1. The van der Waals surface area contributed by atoms with Crippen LogP contribution in [0.5, 0.6) is 17.2 Å². The number of halogens is 2. The van der Waals surface area contributed by atoms with Crippen LogP contribution in [0.2, 0.25) is 0 Å². The van der Waals surface area contributed by atoms with Gasteiger partial charge in [-0.3, -0.25) is 0 Å². The van der Waals surface area contributed by atoms with Crippen LogP contribution in [0.15, 0.2) is 42.5 Å². The number of aromatic nitrogens is 1. The van der Waals surface area contributed by atoms with Crippen molar-refractivity contribution in [2.45, 2.75) is 12.8 Å². The lowest BCUT2D eigenvalue weighted by atomic mass is 9.97. The van der Waals surface area contributed by atoms with E-state index in [4.69, 9.17) is 19.2 Å². The molecule has 3 aromatic rings. The van der Waals surface area contributed by atoms with E-state index < -0.39 is 0 Å². The summed E-state index contributed by atoms with van der Waals surface area (Å²) in [7, 11) is 0. The van der Waals surface area contributed by atoms with Crippen LogP contribution in [0.3, 0.4) is 0 Å².